The third-order valence-corrected chi connectivity index (χ3v) is 3.93. The molecule has 2 heterocycles. The largest absolute Gasteiger partial charge is 0.375 e. The van der Waals surface area contributed by atoms with Gasteiger partial charge in [-0.25, -0.2) is 4.98 Å². The highest BCUT2D eigenvalue weighted by Crippen LogP contribution is 2.33. The molecule has 0 saturated heterocycles. The number of thiazole rings is 1. The lowest BCUT2D eigenvalue weighted by Crippen LogP contribution is -1.96. The van der Waals surface area contributed by atoms with E-state index in [-0.39, 0.29) is 0 Å². The molecule has 2 aromatic rings. The van der Waals surface area contributed by atoms with E-state index in [1.807, 2.05) is 25.6 Å². The highest BCUT2D eigenvalue weighted by Gasteiger charge is 2.18. The second kappa shape index (κ2) is 3.90. The maximum absolute atomic E-state index is 5.73. The summed E-state index contributed by atoms with van der Waals surface area (Å²) in [4.78, 5) is 5.49. The van der Waals surface area contributed by atoms with Crippen molar-refractivity contribution in [3.8, 4) is 0 Å². The van der Waals surface area contributed by atoms with Crippen LogP contribution in [0.3, 0.4) is 0 Å². The van der Waals surface area contributed by atoms with Gasteiger partial charge in [0, 0.05) is 29.6 Å². The first-order valence-corrected chi connectivity index (χ1v) is 6.03. The Hall–Kier alpha value is -1.36. The van der Waals surface area contributed by atoms with Crippen molar-refractivity contribution >= 4 is 16.5 Å². The van der Waals surface area contributed by atoms with Gasteiger partial charge in [0.05, 0.1) is 11.4 Å². The molecule has 0 spiro atoms. The van der Waals surface area contributed by atoms with Gasteiger partial charge in [-0.3, -0.25) is 4.68 Å². The number of anilines is 1. The molecule has 2 N–H and O–H groups in total. The van der Waals surface area contributed by atoms with Crippen molar-refractivity contribution in [2.75, 3.05) is 5.73 Å². The quantitative estimate of drug-likeness (QED) is 0.870. The van der Waals surface area contributed by atoms with Gasteiger partial charge in [-0.2, -0.15) is 5.10 Å². The monoisotopic (exact) mass is 236 g/mol. The van der Waals surface area contributed by atoms with Gasteiger partial charge in [-0.05, 0) is 13.8 Å². The van der Waals surface area contributed by atoms with Crippen LogP contribution >= 0.6 is 11.3 Å². The second-order valence-corrected chi connectivity index (χ2v) is 5.13. The molecule has 16 heavy (non-hydrogen) atoms. The molecule has 2 aromatic heterocycles. The molecule has 1 unspecified atom stereocenters. The lowest BCUT2D eigenvalue weighted by Gasteiger charge is -2.08. The molecular weight excluding hydrogens is 220 g/mol. The van der Waals surface area contributed by atoms with E-state index in [4.69, 9.17) is 5.73 Å². The number of nitrogens with zero attached hydrogens (tertiary/aromatic N) is 3. The number of hydrogen-bond donors (Lipinski definition) is 1. The van der Waals surface area contributed by atoms with Crippen LogP contribution in [0.25, 0.3) is 0 Å². The summed E-state index contributed by atoms with van der Waals surface area (Å²) in [5.74, 6) is 0.309. The molecule has 0 aromatic carbocycles. The van der Waals surface area contributed by atoms with Crippen molar-refractivity contribution in [3.63, 3.8) is 0 Å². The van der Waals surface area contributed by atoms with Crippen molar-refractivity contribution in [2.24, 2.45) is 7.05 Å². The lowest BCUT2D eigenvalue weighted by molar-refractivity contribution is 0.756. The molecule has 5 heteroatoms. The fourth-order valence-electron chi connectivity index (χ4n) is 2.02. The smallest absolute Gasteiger partial charge is 0.180 e. The van der Waals surface area contributed by atoms with Crippen molar-refractivity contribution in [1.82, 2.24) is 14.8 Å². The number of aryl methyl sites for hydroxylation is 3. The Morgan fingerprint density at radius 1 is 1.38 bits per heavy atom. The fourth-order valence-corrected chi connectivity index (χ4v) is 2.92. The van der Waals surface area contributed by atoms with E-state index in [0.717, 1.165) is 11.4 Å². The SMILES string of the molecule is Cc1nn(C)cc1C(C)c1sc(N)nc1C. The first kappa shape index (κ1) is 11.1. The van der Waals surface area contributed by atoms with E-state index < -0.39 is 0 Å². The van der Waals surface area contributed by atoms with Gasteiger partial charge in [0.1, 0.15) is 0 Å². The third kappa shape index (κ3) is 1.82. The van der Waals surface area contributed by atoms with E-state index in [0.29, 0.717) is 11.0 Å². The average molecular weight is 236 g/mol. The molecule has 0 amide bonds. The Balaban J connectivity index is 2.42. The van der Waals surface area contributed by atoms with E-state index in [1.54, 1.807) is 11.3 Å². The number of rotatable bonds is 2. The van der Waals surface area contributed by atoms with Gasteiger partial charge in [0.25, 0.3) is 0 Å². The summed E-state index contributed by atoms with van der Waals surface area (Å²) in [5.41, 5.74) is 9.07. The number of nitrogens with two attached hydrogens (primary N) is 1. The molecule has 0 radical (unpaired) electrons. The molecule has 0 fully saturated rings. The summed E-state index contributed by atoms with van der Waals surface area (Å²) < 4.78 is 1.85. The van der Waals surface area contributed by atoms with Crippen LogP contribution in [-0.2, 0) is 7.05 Å². The van der Waals surface area contributed by atoms with Gasteiger partial charge >= 0.3 is 0 Å². The van der Waals surface area contributed by atoms with Gasteiger partial charge < -0.3 is 5.73 Å². The van der Waals surface area contributed by atoms with Crippen LogP contribution < -0.4 is 5.73 Å². The van der Waals surface area contributed by atoms with Crippen molar-refractivity contribution in [3.05, 3.63) is 28.0 Å². The Morgan fingerprint density at radius 2 is 2.06 bits per heavy atom. The highest BCUT2D eigenvalue weighted by atomic mass is 32.1. The molecule has 0 aliphatic heterocycles. The third-order valence-electron chi connectivity index (χ3n) is 2.76. The van der Waals surface area contributed by atoms with Crippen molar-refractivity contribution < 1.29 is 0 Å². The standard InChI is InChI=1S/C11H16N4S/c1-6(9-5-15(4)14-7(9)2)10-8(3)13-11(12)16-10/h5-6H,1-4H3,(H2,12,13). The van der Waals surface area contributed by atoms with Gasteiger partial charge in [-0.1, -0.05) is 6.92 Å². The maximum Gasteiger partial charge on any atom is 0.180 e. The van der Waals surface area contributed by atoms with Gasteiger partial charge in [0.2, 0.25) is 0 Å². The van der Waals surface area contributed by atoms with Crippen molar-refractivity contribution in [1.29, 1.82) is 0 Å². The average Bonchev–Trinajstić information content (AvgIpc) is 2.68. The fraction of sp³-hybridized carbons (Fsp3) is 0.455. The molecule has 1 atom stereocenters. The van der Waals surface area contributed by atoms with Gasteiger partial charge in [0.15, 0.2) is 5.13 Å². The lowest BCUT2D eigenvalue weighted by atomic mass is 10.00. The van der Waals surface area contributed by atoms with Crippen LogP contribution in [0.5, 0.6) is 0 Å². The van der Waals surface area contributed by atoms with E-state index in [9.17, 15) is 0 Å². The molecule has 4 nitrogen and oxygen atoms in total. The van der Waals surface area contributed by atoms with E-state index >= 15 is 0 Å². The maximum atomic E-state index is 5.73. The summed E-state index contributed by atoms with van der Waals surface area (Å²) >= 11 is 1.56. The Labute approximate surface area is 99.1 Å². The van der Waals surface area contributed by atoms with Crippen LogP contribution in [-0.4, -0.2) is 14.8 Å². The predicted molar refractivity (Wildman–Crippen MR) is 66.7 cm³/mol. The minimum Gasteiger partial charge on any atom is -0.375 e. The van der Waals surface area contributed by atoms with Crippen LogP contribution in [0.15, 0.2) is 6.20 Å². The molecule has 0 saturated carbocycles. The number of nitrogen functional groups attached to an aromatic ring is 1. The molecule has 0 bridgehead atoms. The minimum absolute atomic E-state index is 0.309. The van der Waals surface area contributed by atoms with Crippen LogP contribution in [0.4, 0.5) is 5.13 Å². The van der Waals surface area contributed by atoms with E-state index in [2.05, 4.69) is 23.2 Å². The summed E-state index contributed by atoms with van der Waals surface area (Å²) in [6, 6.07) is 0. The summed E-state index contributed by atoms with van der Waals surface area (Å²) in [5, 5.41) is 5.00. The normalized spacial score (nSPS) is 13.0. The Morgan fingerprint density at radius 3 is 2.50 bits per heavy atom. The zero-order valence-corrected chi connectivity index (χ0v) is 10.8. The molecule has 2 rings (SSSR count). The zero-order chi connectivity index (χ0) is 11.9. The molecule has 0 aliphatic rings. The Kier molecular flexibility index (Phi) is 2.71. The first-order valence-electron chi connectivity index (χ1n) is 5.22. The summed E-state index contributed by atoms with van der Waals surface area (Å²) in [6.45, 7) is 6.21. The molecule has 0 aliphatic carbocycles. The Bertz CT molecular complexity index is 466. The van der Waals surface area contributed by atoms with E-state index in [1.165, 1.54) is 10.4 Å². The van der Waals surface area contributed by atoms with Crippen LogP contribution in [0.2, 0.25) is 0 Å². The highest BCUT2D eigenvalue weighted by molar-refractivity contribution is 7.15. The summed E-state index contributed by atoms with van der Waals surface area (Å²) in [7, 11) is 1.94. The first-order chi connectivity index (χ1) is 7.49. The topological polar surface area (TPSA) is 56.7 Å². The number of hydrogen-bond acceptors (Lipinski definition) is 4. The summed E-state index contributed by atoms with van der Waals surface area (Å²) in [6.07, 6.45) is 2.06. The minimum atomic E-state index is 0.309. The number of aromatic nitrogens is 3. The van der Waals surface area contributed by atoms with Gasteiger partial charge in [-0.15, -0.1) is 11.3 Å². The predicted octanol–water partition coefficient (Wildman–Crippen LogP) is 2.23. The second-order valence-electron chi connectivity index (χ2n) is 4.07. The zero-order valence-electron chi connectivity index (χ0n) is 9.98. The van der Waals surface area contributed by atoms with Crippen LogP contribution in [0, 0.1) is 13.8 Å². The molecule has 86 valence electrons. The van der Waals surface area contributed by atoms with Crippen molar-refractivity contribution in [2.45, 2.75) is 26.7 Å². The molecular formula is C11H16N4S. The van der Waals surface area contributed by atoms with Crippen LogP contribution in [0.1, 0.15) is 34.7 Å².